The number of hydrogen-bond acceptors (Lipinski definition) is 2. The summed E-state index contributed by atoms with van der Waals surface area (Å²) in [6, 6.07) is 8.72. The normalized spacial score (nSPS) is 14.8. The maximum atomic E-state index is 10.9. The van der Waals surface area contributed by atoms with Crippen LogP contribution in [0.1, 0.15) is 5.56 Å². The van der Waals surface area contributed by atoms with Crippen LogP contribution >= 0.6 is 0 Å². The molecule has 2 rings (SSSR count). The van der Waals surface area contributed by atoms with Crippen LogP contribution in [0.5, 0.6) is 0 Å². The highest BCUT2D eigenvalue weighted by atomic mass is 16.4. The lowest BCUT2D eigenvalue weighted by atomic mass is 10.1. The van der Waals surface area contributed by atoms with Crippen molar-refractivity contribution in [2.45, 2.75) is 12.5 Å². The third-order valence-electron chi connectivity index (χ3n) is 2.08. The molecule has 0 amide bonds. The summed E-state index contributed by atoms with van der Waals surface area (Å²) < 4.78 is 0. The van der Waals surface area contributed by atoms with Crippen molar-refractivity contribution in [3.05, 3.63) is 35.9 Å². The molecule has 5 heteroatoms. The second kappa shape index (κ2) is 4.00. The maximum absolute atomic E-state index is 10.9. The fraction of sp³-hybridized carbons (Fsp3) is 0.200. The minimum Gasteiger partial charge on any atom is -0.480 e. The van der Waals surface area contributed by atoms with E-state index >= 15 is 0 Å². The average molecular weight is 205 g/mol. The van der Waals surface area contributed by atoms with E-state index in [1.807, 2.05) is 30.3 Å². The minimum absolute atomic E-state index is 0.406. The molecule has 1 aliphatic heterocycles. The Bertz CT molecular complexity index is 383. The van der Waals surface area contributed by atoms with Crippen molar-refractivity contribution < 1.29 is 9.90 Å². The Morgan fingerprint density at radius 3 is 2.53 bits per heavy atom. The number of nitrogens with zero attached hydrogens (tertiary/aromatic N) is 1. The smallest absolute Gasteiger partial charge is 0.328 e. The topological polar surface area (TPSA) is 93.5 Å². The minimum atomic E-state index is -0.915. The molecule has 3 N–H and O–H groups in total. The zero-order chi connectivity index (χ0) is 10.7. The van der Waals surface area contributed by atoms with E-state index in [1.54, 1.807) is 0 Å². The van der Waals surface area contributed by atoms with Gasteiger partial charge in [-0.25, -0.2) is 9.79 Å². The van der Waals surface area contributed by atoms with Gasteiger partial charge in [0.1, 0.15) is 0 Å². The zero-order valence-electron chi connectivity index (χ0n) is 7.97. The molecule has 1 aromatic carbocycles. The molecule has 1 atom stereocenters. The molecule has 1 fully saturated rings. The van der Waals surface area contributed by atoms with Gasteiger partial charge in [-0.05, 0) is 5.56 Å². The van der Waals surface area contributed by atoms with E-state index in [9.17, 15) is 4.79 Å². The Kier molecular flexibility index (Phi) is 2.53. The van der Waals surface area contributed by atoms with Crippen LogP contribution in [-0.4, -0.2) is 23.1 Å². The van der Waals surface area contributed by atoms with E-state index in [0.717, 1.165) is 5.56 Å². The highest BCUT2D eigenvalue weighted by Gasteiger charge is 2.21. The first kappa shape index (κ1) is 9.51. The molecule has 0 saturated carbocycles. The number of nitrogens with one attached hydrogen (secondary N) is 2. The quantitative estimate of drug-likeness (QED) is 0.610. The Hall–Kier alpha value is -2.04. The molecule has 0 radical (unpaired) electrons. The number of guanidine groups is 1. The number of aliphatic carboxylic acids is 1. The number of carboxylic acids is 1. The molecule has 1 unspecified atom stereocenters. The van der Waals surface area contributed by atoms with Crippen molar-refractivity contribution >= 4 is 11.9 Å². The van der Waals surface area contributed by atoms with E-state index in [-0.39, 0.29) is 0 Å². The van der Waals surface area contributed by atoms with Crippen LogP contribution in [0.4, 0.5) is 0 Å². The van der Waals surface area contributed by atoms with Crippen LogP contribution in [0, 0.1) is 0 Å². The summed E-state index contributed by atoms with van der Waals surface area (Å²) in [4.78, 5) is 14.9. The molecule has 1 aliphatic rings. The first-order chi connectivity index (χ1) is 7.25. The van der Waals surface area contributed by atoms with Gasteiger partial charge in [-0.3, -0.25) is 10.9 Å². The van der Waals surface area contributed by atoms with Gasteiger partial charge in [-0.2, -0.15) is 0 Å². The number of carbonyl (C=O) groups is 1. The van der Waals surface area contributed by atoms with Gasteiger partial charge in [0.15, 0.2) is 6.04 Å². The van der Waals surface area contributed by atoms with Gasteiger partial charge in [0.2, 0.25) is 5.96 Å². The van der Waals surface area contributed by atoms with Crippen LogP contribution in [0.25, 0.3) is 0 Å². The Balaban J connectivity index is 2.07. The fourth-order valence-electron chi connectivity index (χ4n) is 1.27. The molecule has 1 saturated heterocycles. The summed E-state index contributed by atoms with van der Waals surface area (Å²) in [5.41, 5.74) is 6.25. The largest absolute Gasteiger partial charge is 0.480 e. The average Bonchev–Trinajstić information content (AvgIpc) is 3.02. The molecule has 0 bridgehead atoms. The number of rotatable bonds is 4. The molecular weight excluding hydrogens is 194 g/mol. The van der Waals surface area contributed by atoms with Crippen LogP contribution in [-0.2, 0) is 11.2 Å². The van der Waals surface area contributed by atoms with Crippen LogP contribution in [0.3, 0.4) is 0 Å². The van der Waals surface area contributed by atoms with Crippen molar-refractivity contribution in [3.63, 3.8) is 0 Å². The number of benzene rings is 1. The summed E-state index contributed by atoms with van der Waals surface area (Å²) in [7, 11) is 0. The van der Waals surface area contributed by atoms with E-state index in [1.165, 1.54) is 0 Å². The number of hydrogen-bond donors (Lipinski definition) is 3. The van der Waals surface area contributed by atoms with Gasteiger partial charge in [-0.1, -0.05) is 30.3 Å². The molecule has 15 heavy (non-hydrogen) atoms. The Morgan fingerprint density at radius 2 is 2.00 bits per heavy atom. The summed E-state index contributed by atoms with van der Waals surface area (Å²) >= 11 is 0. The lowest BCUT2D eigenvalue weighted by molar-refractivity contribution is -0.138. The maximum Gasteiger partial charge on any atom is 0.328 e. The monoisotopic (exact) mass is 205 g/mol. The highest BCUT2D eigenvalue weighted by Crippen LogP contribution is 2.06. The van der Waals surface area contributed by atoms with Crippen molar-refractivity contribution in [2.75, 3.05) is 0 Å². The molecule has 78 valence electrons. The van der Waals surface area contributed by atoms with E-state index < -0.39 is 12.0 Å². The van der Waals surface area contributed by atoms with Gasteiger partial charge in [-0.15, -0.1) is 0 Å². The van der Waals surface area contributed by atoms with Gasteiger partial charge < -0.3 is 5.11 Å². The molecule has 0 aromatic heterocycles. The highest BCUT2D eigenvalue weighted by molar-refractivity contribution is 5.92. The van der Waals surface area contributed by atoms with Gasteiger partial charge in [0.25, 0.3) is 0 Å². The molecule has 0 spiro atoms. The molecule has 1 heterocycles. The van der Waals surface area contributed by atoms with Crippen molar-refractivity contribution in [1.82, 2.24) is 10.9 Å². The van der Waals surface area contributed by atoms with Gasteiger partial charge in [0, 0.05) is 6.42 Å². The first-order valence-corrected chi connectivity index (χ1v) is 4.62. The number of carboxylic acid groups (broad SMARTS) is 1. The summed E-state index contributed by atoms with van der Waals surface area (Å²) in [6.07, 6.45) is 0.406. The second-order valence-corrected chi connectivity index (χ2v) is 3.27. The van der Waals surface area contributed by atoms with Crippen molar-refractivity contribution in [1.29, 1.82) is 0 Å². The predicted molar refractivity (Wildman–Crippen MR) is 55.3 cm³/mol. The third kappa shape index (κ3) is 2.70. The summed E-state index contributed by atoms with van der Waals surface area (Å²) in [5.74, 6) is -0.375. The van der Waals surface area contributed by atoms with E-state index in [2.05, 4.69) is 15.8 Å². The van der Waals surface area contributed by atoms with Crippen LogP contribution in [0.2, 0.25) is 0 Å². The second-order valence-electron chi connectivity index (χ2n) is 3.27. The predicted octanol–water partition coefficient (Wildman–Crippen LogP) is 0.146. The molecular formula is C10H11N3O2. The van der Waals surface area contributed by atoms with E-state index in [0.29, 0.717) is 12.4 Å². The standard InChI is InChI=1S/C10H11N3O2/c14-9(15)8(11-10-12-13-10)6-7-4-2-1-3-5-7/h1-5,8H,6H2,(H,14,15)(H2,11,12,13). The number of hydrazine groups is 1. The SMILES string of the molecule is O=C(O)C(Cc1ccccc1)N=C1NN1. The van der Waals surface area contributed by atoms with Crippen molar-refractivity contribution in [2.24, 2.45) is 4.99 Å². The first-order valence-electron chi connectivity index (χ1n) is 4.62. The summed E-state index contributed by atoms with van der Waals surface area (Å²) in [5, 5.41) is 8.95. The molecule has 0 aliphatic carbocycles. The zero-order valence-corrected chi connectivity index (χ0v) is 7.97. The van der Waals surface area contributed by atoms with Crippen molar-refractivity contribution in [3.8, 4) is 0 Å². The Morgan fingerprint density at radius 1 is 1.33 bits per heavy atom. The van der Waals surface area contributed by atoms with Crippen LogP contribution in [0.15, 0.2) is 35.3 Å². The molecule has 5 nitrogen and oxygen atoms in total. The fourth-order valence-corrected chi connectivity index (χ4v) is 1.27. The molecule has 1 aromatic rings. The van der Waals surface area contributed by atoms with Gasteiger partial charge >= 0.3 is 5.97 Å². The lowest BCUT2D eigenvalue weighted by Crippen LogP contribution is -2.21. The summed E-state index contributed by atoms with van der Waals surface area (Å²) in [6.45, 7) is 0. The van der Waals surface area contributed by atoms with Crippen LogP contribution < -0.4 is 10.9 Å². The van der Waals surface area contributed by atoms with Gasteiger partial charge in [0.05, 0.1) is 0 Å². The Labute approximate surface area is 86.8 Å². The lowest BCUT2D eigenvalue weighted by Gasteiger charge is -2.05. The van der Waals surface area contributed by atoms with E-state index in [4.69, 9.17) is 5.11 Å². The number of aliphatic imine (C=N–C) groups is 1. The third-order valence-corrected chi connectivity index (χ3v) is 2.08.